The highest BCUT2D eigenvalue weighted by atomic mass is 32.2. The molecule has 0 aromatic carbocycles. The number of aryl methyl sites for hydroxylation is 1. The molecule has 0 N–H and O–H groups in total. The van der Waals surface area contributed by atoms with Crippen molar-refractivity contribution in [2.45, 2.75) is 32.3 Å². The number of carbonyl (C=O) groups is 1. The molecule has 16 heavy (non-hydrogen) atoms. The Morgan fingerprint density at radius 2 is 2.12 bits per heavy atom. The van der Waals surface area contributed by atoms with E-state index in [2.05, 4.69) is 4.98 Å². The van der Waals surface area contributed by atoms with E-state index < -0.39 is 10.8 Å². The molecule has 1 aromatic heterocycles. The van der Waals surface area contributed by atoms with Crippen LogP contribution in [0.2, 0.25) is 0 Å². The molecular weight excluding hydrogens is 226 g/mol. The number of carbonyl (C=O) groups excluding carboxylic acids is 1. The van der Waals surface area contributed by atoms with Crippen molar-refractivity contribution in [3.05, 3.63) is 23.0 Å². The molecule has 0 aliphatic rings. The topological polar surface area (TPSA) is 56.3 Å². The van der Waals surface area contributed by atoms with Gasteiger partial charge in [-0.05, 0) is 25.0 Å². The van der Waals surface area contributed by atoms with E-state index in [0.29, 0.717) is 5.69 Å². The Bertz CT molecular complexity index is 443. The molecule has 88 valence electrons. The zero-order valence-electron chi connectivity index (χ0n) is 9.86. The second-order valence-corrected chi connectivity index (χ2v) is 4.89. The second kappa shape index (κ2) is 5.21. The summed E-state index contributed by atoms with van der Waals surface area (Å²) in [6.07, 6.45) is 3.29. The molecule has 0 spiro atoms. The Balaban J connectivity index is 3.08. The van der Waals surface area contributed by atoms with Gasteiger partial charge in [0.15, 0.2) is 0 Å². The van der Waals surface area contributed by atoms with Crippen LogP contribution in [0.25, 0.3) is 0 Å². The smallest absolute Gasteiger partial charge is 0.303 e. The summed E-state index contributed by atoms with van der Waals surface area (Å²) in [6, 6.07) is 0. The van der Waals surface area contributed by atoms with Crippen LogP contribution in [0.3, 0.4) is 0 Å². The van der Waals surface area contributed by atoms with Gasteiger partial charge >= 0.3 is 5.97 Å². The third-order valence-electron chi connectivity index (χ3n) is 2.25. The standard InChI is InChI=1S/C11H15NO3S/c1-7-5-12-10(6-15-9(3)13)8(2)11(7)16(4)14/h5H,6H2,1-4H3. The van der Waals surface area contributed by atoms with E-state index in [1.54, 1.807) is 12.5 Å². The number of ether oxygens (including phenoxy) is 1. The fraction of sp³-hybridized carbons (Fsp3) is 0.455. The van der Waals surface area contributed by atoms with Crippen LogP contribution in [0.15, 0.2) is 11.1 Å². The van der Waals surface area contributed by atoms with Gasteiger partial charge < -0.3 is 4.74 Å². The maximum absolute atomic E-state index is 11.6. The molecule has 0 saturated heterocycles. The molecule has 0 saturated carbocycles. The molecular formula is C11H15NO3S. The van der Waals surface area contributed by atoms with E-state index in [-0.39, 0.29) is 12.6 Å². The molecule has 1 rings (SSSR count). The van der Waals surface area contributed by atoms with E-state index in [0.717, 1.165) is 16.0 Å². The molecule has 0 aliphatic carbocycles. The minimum absolute atomic E-state index is 0.131. The van der Waals surface area contributed by atoms with Gasteiger partial charge in [0.1, 0.15) is 6.61 Å². The van der Waals surface area contributed by atoms with Crippen LogP contribution in [0.4, 0.5) is 0 Å². The lowest BCUT2D eigenvalue weighted by Gasteiger charge is -2.11. The predicted octanol–water partition coefficient (Wildman–Crippen LogP) is 1.50. The van der Waals surface area contributed by atoms with Crippen molar-refractivity contribution in [1.29, 1.82) is 0 Å². The van der Waals surface area contributed by atoms with Crippen LogP contribution in [-0.2, 0) is 26.9 Å². The first kappa shape index (κ1) is 12.8. The molecule has 5 heteroatoms. The summed E-state index contributed by atoms with van der Waals surface area (Å²) in [5, 5.41) is 0. The fourth-order valence-corrected chi connectivity index (χ4v) is 2.57. The van der Waals surface area contributed by atoms with Gasteiger partial charge in [0.25, 0.3) is 0 Å². The monoisotopic (exact) mass is 241 g/mol. The molecule has 0 radical (unpaired) electrons. The highest BCUT2D eigenvalue weighted by Crippen LogP contribution is 2.19. The van der Waals surface area contributed by atoms with Gasteiger partial charge in [-0.25, -0.2) is 0 Å². The summed E-state index contributed by atoms with van der Waals surface area (Å²) in [5.74, 6) is -0.346. The number of hydrogen-bond donors (Lipinski definition) is 0. The molecule has 1 atom stereocenters. The number of hydrogen-bond acceptors (Lipinski definition) is 4. The zero-order valence-corrected chi connectivity index (χ0v) is 10.7. The van der Waals surface area contributed by atoms with Crippen LogP contribution in [-0.4, -0.2) is 21.4 Å². The number of esters is 1. The minimum atomic E-state index is -1.06. The van der Waals surface area contributed by atoms with Gasteiger partial charge in [0.05, 0.1) is 16.5 Å². The largest absolute Gasteiger partial charge is 0.459 e. The van der Waals surface area contributed by atoms with Crippen LogP contribution in [0, 0.1) is 13.8 Å². The van der Waals surface area contributed by atoms with Crippen LogP contribution >= 0.6 is 0 Å². The van der Waals surface area contributed by atoms with Gasteiger partial charge in [-0.15, -0.1) is 0 Å². The first-order valence-electron chi connectivity index (χ1n) is 4.85. The number of aromatic nitrogens is 1. The minimum Gasteiger partial charge on any atom is -0.459 e. The van der Waals surface area contributed by atoms with E-state index >= 15 is 0 Å². The molecule has 0 fully saturated rings. The van der Waals surface area contributed by atoms with Crippen molar-refractivity contribution < 1.29 is 13.7 Å². The summed E-state index contributed by atoms with van der Waals surface area (Å²) in [7, 11) is -1.06. The number of pyridine rings is 1. The summed E-state index contributed by atoms with van der Waals surface area (Å²) < 4.78 is 16.4. The Labute approximate surface area is 97.5 Å². The summed E-state index contributed by atoms with van der Waals surface area (Å²) in [5.41, 5.74) is 2.39. The molecule has 1 unspecified atom stereocenters. The quantitative estimate of drug-likeness (QED) is 0.752. The van der Waals surface area contributed by atoms with Gasteiger partial charge in [0, 0.05) is 24.3 Å². The maximum Gasteiger partial charge on any atom is 0.303 e. The van der Waals surface area contributed by atoms with Crippen molar-refractivity contribution in [2.75, 3.05) is 6.26 Å². The van der Waals surface area contributed by atoms with Crippen molar-refractivity contribution in [2.24, 2.45) is 0 Å². The number of rotatable bonds is 3. The van der Waals surface area contributed by atoms with E-state index in [9.17, 15) is 9.00 Å². The molecule has 0 aliphatic heterocycles. The lowest BCUT2D eigenvalue weighted by atomic mass is 10.2. The average Bonchev–Trinajstić information content (AvgIpc) is 2.15. The lowest BCUT2D eigenvalue weighted by Crippen LogP contribution is -2.06. The predicted molar refractivity (Wildman–Crippen MR) is 61.5 cm³/mol. The molecule has 0 amide bonds. The van der Waals surface area contributed by atoms with Crippen LogP contribution in [0.5, 0.6) is 0 Å². The molecule has 4 nitrogen and oxygen atoms in total. The summed E-state index contributed by atoms with van der Waals surface area (Å²) in [4.78, 5) is 15.7. The zero-order chi connectivity index (χ0) is 12.3. The van der Waals surface area contributed by atoms with Gasteiger partial charge in [-0.3, -0.25) is 14.0 Å². The first-order valence-corrected chi connectivity index (χ1v) is 6.41. The van der Waals surface area contributed by atoms with Crippen molar-refractivity contribution in [3.8, 4) is 0 Å². The van der Waals surface area contributed by atoms with E-state index in [1.807, 2.05) is 13.8 Å². The molecule has 0 bridgehead atoms. The second-order valence-electron chi connectivity index (χ2n) is 3.58. The van der Waals surface area contributed by atoms with E-state index in [1.165, 1.54) is 6.92 Å². The van der Waals surface area contributed by atoms with Crippen molar-refractivity contribution in [1.82, 2.24) is 4.98 Å². The lowest BCUT2D eigenvalue weighted by molar-refractivity contribution is -0.142. The van der Waals surface area contributed by atoms with E-state index in [4.69, 9.17) is 4.74 Å². The molecule has 1 aromatic rings. The SMILES string of the molecule is CC(=O)OCc1ncc(C)c(S(C)=O)c1C. The van der Waals surface area contributed by atoms with Crippen molar-refractivity contribution in [3.63, 3.8) is 0 Å². The van der Waals surface area contributed by atoms with Gasteiger partial charge in [-0.1, -0.05) is 0 Å². The van der Waals surface area contributed by atoms with Crippen LogP contribution in [0.1, 0.15) is 23.7 Å². The van der Waals surface area contributed by atoms with Gasteiger partial charge in [-0.2, -0.15) is 0 Å². The van der Waals surface area contributed by atoms with Crippen LogP contribution < -0.4 is 0 Å². The third-order valence-corrected chi connectivity index (χ3v) is 3.45. The Hall–Kier alpha value is -1.23. The Morgan fingerprint density at radius 3 is 2.62 bits per heavy atom. The normalized spacial score (nSPS) is 12.2. The highest BCUT2D eigenvalue weighted by molar-refractivity contribution is 7.84. The first-order chi connectivity index (χ1) is 7.43. The summed E-state index contributed by atoms with van der Waals surface area (Å²) >= 11 is 0. The third kappa shape index (κ3) is 2.88. The maximum atomic E-state index is 11.6. The summed E-state index contributed by atoms with van der Waals surface area (Å²) in [6.45, 7) is 5.19. The van der Waals surface area contributed by atoms with Gasteiger partial charge in [0.2, 0.25) is 0 Å². The Morgan fingerprint density at radius 1 is 1.50 bits per heavy atom. The number of nitrogens with zero attached hydrogens (tertiary/aromatic N) is 1. The molecule has 1 heterocycles. The fourth-order valence-electron chi connectivity index (χ4n) is 1.51. The average molecular weight is 241 g/mol. The Kier molecular flexibility index (Phi) is 4.18. The highest BCUT2D eigenvalue weighted by Gasteiger charge is 2.12. The van der Waals surface area contributed by atoms with Crippen molar-refractivity contribution >= 4 is 16.8 Å².